The minimum absolute atomic E-state index is 0.280. The van der Waals surface area contributed by atoms with Crippen LogP contribution in [-0.4, -0.2) is 16.0 Å². The second-order valence-electron chi connectivity index (χ2n) is 5.59. The molecule has 0 bridgehead atoms. The summed E-state index contributed by atoms with van der Waals surface area (Å²) in [4.78, 5) is 14.8. The van der Waals surface area contributed by atoms with Crippen LogP contribution in [-0.2, 0) is 4.84 Å². The molecular formula is C9H8BrNO3. The smallest absolute Gasteiger partial charge is 0.294 e. The van der Waals surface area contributed by atoms with Crippen molar-refractivity contribution in [2.75, 3.05) is 6.61 Å². The number of hydrogen-bond acceptors (Lipinski definition) is 3. The first-order valence-electron chi connectivity index (χ1n) is 5.11. The van der Waals surface area contributed by atoms with Crippen LogP contribution in [0.5, 0.6) is 0 Å². The minimum atomic E-state index is -0.633. The van der Waals surface area contributed by atoms with E-state index in [0.29, 0.717) is 10.9 Å². The second-order valence-corrected chi connectivity index (χ2v) is 6.96. The maximum absolute atomic E-state index is 10.2. The first-order chi connectivity index (χ1) is 6.65. The van der Waals surface area contributed by atoms with Crippen molar-refractivity contribution in [2.45, 2.75) is 4.32 Å². The number of rotatable bonds is 3. The van der Waals surface area contributed by atoms with Gasteiger partial charge in [0.05, 0.1) is 0 Å². The molecule has 4 nitrogen and oxygen atoms in total. The minimum Gasteiger partial charge on any atom is -0.313 e. The van der Waals surface area contributed by atoms with Gasteiger partial charge in [-0.15, -0.1) is 10.1 Å². The molecule has 6 fully saturated rings. The molecule has 0 aliphatic heterocycles. The molecule has 0 amide bonds. The summed E-state index contributed by atoms with van der Waals surface area (Å²) in [6.45, 7) is 0.382. The Labute approximate surface area is 88.2 Å². The Balaban J connectivity index is 1.45. The number of alkyl halides is 1. The lowest BCUT2D eigenvalue weighted by atomic mass is 8.96. The summed E-state index contributed by atoms with van der Waals surface area (Å²) in [5.41, 5.74) is 0.280. The van der Waals surface area contributed by atoms with E-state index >= 15 is 0 Å². The Morgan fingerprint density at radius 1 is 1.21 bits per heavy atom. The van der Waals surface area contributed by atoms with Gasteiger partial charge in [-0.25, -0.2) is 0 Å². The lowest BCUT2D eigenvalue weighted by Gasteiger charge is -3.10. The summed E-state index contributed by atoms with van der Waals surface area (Å²) in [6.07, 6.45) is 0. The first-order valence-corrected chi connectivity index (χ1v) is 5.90. The third-order valence-electron chi connectivity index (χ3n) is 6.14. The molecule has 6 aliphatic carbocycles. The van der Waals surface area contributed by atoms with Crippen LogP contribution in [0.2, 0.25) is 0 Å². The van der Waals surface area contributed by atoms with E-state index in [2.05, 4.69) is 20.8 Å². The third kappa shape index (κ3) is 0.309. The fourth-order valence-corrected chi connectivity index (χ4v) is 7.78. The van der Waals surface area contributed by atoms with Crippen LogP contribution in [0.15, 0.2) is 0 Å². The van der Waals surface area contributed by atoms with Gasteiger partial charge in [0.1, 0.15) is 6.61 Å². The fourth-order valence-electron chi connectivity index (χ4n) is 6.07. The van der Waals surface area contributed by atoms with Gasteiger partial charge in [0.25, 0.3) is 5.09 Å². The molecule has 0 N–H and O–H groups in total. The Kier molecular flexibility index (Phi) is 0.723. The van der Waals surface area contributed by atoms with Crippen LogP contribution in [0.3, 0.4) is 0 Å². The highest BCUT2D eigenvalue weighted by Crippen LogP contribution is 3.08. The van der Waals surface area contributed by atoms with E-state index in [1.165, 1.54) is 0 Å². The van der Waals surface area contributed by atoms with Crippen molar-refractivity contribution in [2.24, 2.45) is 40.9 Å². The van der Waals surface area contributed by atoms with Gasteiger partial charge in [0, 0.05) is 9.74 Å². The normalized spacial score (nSPS) is 76.9. The van der Waals surface area contributed by atoms with Crippen molar-refractivity contribution in [3.63, 3.8) is 0 Å². The number of hydrogen-bond donors (Lipinski definition) is 0. The second kappa shape index (κ2) is 1.44. The summed E-state index contributed by atoms with van der Waals surface area (Å²) in [7, 11) is 0. The van der Waals surface area contributed by atoms with E-state index in [1.54, 1.807) is 0 Å². The molecule has 5 heteroatoms. The maximum atomic E-state index is 10.2. The van der Waals surface area contributed by atoms with Crippen molar-refractivity contribution in [1.82, 2.24) is 0 Å². The largest absolute Gasteiger partial charge is 0.313 e. The highest BCUT2D eigenvalue weighted by molar-refractivity contribution is 9.10. The predicted molar refractivity (Wildman–Crippen MR) is 48.0 cm³/mol. The molecule has 0 heterocycles. The van der Waals surface area contributed by atoms with Crippen LogP contribution in [0, 0.1) is 51.0 Å². The fraction of sp³-hybridized carbons (Fsp3) is 1.00. The summed E-state index contributed by atoms with van der Waals surface area (Å²) in [5, 5.41) is 9.54. The van der Waals surface area contributed by atoms with E-state index in [9.17, 15) is 10.1 Å². The molecule has 0 radical (unpaired) electrons. The van der Waals surface area contributed by atoms with Gasteiger partial charge in [-0.3, -0.25) is 0 Å². The van der Waals surface area contributed by atoms with E-state index in [1.807, 2.05) is 0 Å². The first kappa shape index (κ1) is 7.04. The SMILES string of the molecule is O=[N+]([O-])OCC12C3C4C1C1C2C3C41Br. The molecule has 6 saturated carbocycles. The van der Waals surface area contributed by atoms with Crippen LogP contribution in [0.1, 0.15) is 0 Å². The van der Waals surface area contributed by atoms with Gasteiger partial charge < -0.3 is 4.84 Å². The molecule has 6 aliphatic rings. The molecule has 0 spiro atoms. The van der Waals surface area contributed by atoms with Crippen LogP contribution < -0.4 is 0 Å². The van der Waals surface area contributed by atoms with Crippen LogP contribution >= 0.6 is 15.9 Å². The molecule has 0 unspecified atom stereocenters. The van der Waals surface area contributed by atoms with E-state index in [-0.39, 0.29) is 5.41 Å². The monoisotopic (exact) mass is 257 g/mol. The van der Waals surface area contributed by atoms with Crippen LogP contribution in [0.25, 0.3) is 0 Å². The van der Waals surface area contributed by atoms with Gasteiger partial charge in [-0.1, -0.05) is 15.9 Å². The van der Waals surface area contributed by atoms with E-state index < -0.39 is 5.09 Å². The molecule has 0 aromatic rings. The average Bonchev–Trinajstić information content (AvgIpc) is 2.17. The highest BCUT2D eigenvalue weighted by Gasteiger charge is 3.09. The molecule has 0 saturated heterocycles. The van der Waals surface area contributed by atoms with Crippen molar-refractivity contribution in [3.8, 4) is 0 Å². The summed E-state index contributed by atoms with van der Waals surface area (Å²) < 4.78 is 0.517. The molecule has 14 heavy (non-hydrogen) atoms. The molecular weight excluding hydrogens is 250 g/mol. The Morgan fingerprint density at radius 2 is 1.71 bits per heavy atom. The zero-order chi connectivity index (χ0) is 9.46. The third-order valence-corrected chi connectivity index (χ3v) is 7.72. The number of halogens is 1. The standard InChI is InChI=1S/C9H8BrNO3/c10-9-5-2-6(9)4-7(9)3(5)8(2,4)1-14-11(12)13/h2-7H,1H2. The topological polar surface area (TPSA) is 52.4 Å². The van der Waals surface area contributed by atoms with E-state index in [4.69, 9.17) is 0 Å². The lowest BCUT2D eigenvalue weighted by Crippen LogP contribution is -3.11. The van der Waals surface area contributed by atoms with Gasteiger partial charge in [-0.2, -0.15) is 0 Å². The van der Waals surface area contributed by atoms with Crippen molar-refractivity contribution < 1.29 is 9.92 Å². The molecule has 6 rings (SSSR count). The average molecular weight is 258 g/mol. The van der Waals surface area contributed by atoms with Crippen molar-refractivity contribution >= 4 is 15.9 Å². The number of nitrogens with zero attached hydrogens (tertiary/aromatic N) is 1. The highest BCUT2D eigenvalue weighted by atomic mass is 79.9. The maximum Gasteiger partial charge on any atom is 0.294 e. The van der Waals surface area contributed by atoms with E-state index in [0.717, 1.165) is 35.5 Å². The van der Waals surface area contributed by atoms with Gasteiger partial charge in [0.15, 0.2) is 0 Å². The Morgan fingerprint density at radius 3 is 2.14 bits per heavy atom. The van der Waals surface area contributed by atoms with Gasteiger partial charge in [-0.05, 0) is 35.5 Å². The zero-order valence-electron chi connectivity index (χ0n) is 7.22. The Bertz CT molecular complexity index is 355. The quantitative estimate of drug-likeness (QED) is 0.432. The lowest BCUT2D eigenvalue weighted by molar-refractivity contribution is -0.774. The summed E-state index contributed by atoms with van der Waals surface area (Å²) >= 11 is 3.85. The zero-order valence-corrected chi connectivity index (χ0v) is 8.81. The van der Waals surface area contributed by atoms with Gasteiger partial charge >= 0.3 is 0 Å². The van der Waals surface area contributed by atoms with Gasteiger partial charge in [0.2, 0.25) is 0 Å². The summed E-state index contributed by atoms with van der Waals surface area (Å²) in [5.74, 6) is 4.92. The molecule has 0 atom stereocenters. The predicted octanol–water partition coefficient (Wildman–Crippen LogP) is 1.08. The summed E-state index contributed by atoms with van der Waals surface area (Å²) in [6, 6.07) is 0. The molecule has 74 valence electrons. The van der Waals surface area contributed by atoms with Crippen molar-refractivity contribution in [3.05, 3.63) is 10.1 Å². The van der Waals surface area contributed by atoms with Crippen LogP contribution in [0.4, 0.5) is 0 Å². The molecule has 0 aromatic carbocycles. The van der Waals surface area contributed by atoms with Crippen molar-refractivity contribution in [1.29, 1.82) is 0 Å². The molecule has 0 aromatic heterocycles. The Hall–Kier alpha value is -0.320.